The predicted molar refractivity (Wildman–Crippen MR) is 125 cm³/mol. The molecule has 0 saturated heterocycles. The fraction of sp³-hybridized carbons (Fsp3) is 0.227. The molecule has 32 heavy (non-hydrogen) atoms. The Bertz CT molecular complexity index is 1070. The number of carbonyl (C=O) groups excluding carboxylic acids is 2. The van der Waals surface area contributed by atoms with Gasteiger partial charge in [-0.15, -0.1) is 0 Å². The van der Waals surface area contributed by atoms with Gasteiger partial charge < -0.3 is 10.1 Å². The Labute approximate surface area is 192 Å². The van der Waals surface area contributed by atoms with Crippen molar-refractivity contribution < 1.29 is 23.1 Å². The molecule has 0 radical (unpaired) electrons. The lowest BCUT2D eigenvalue weighted by Crippen LogP contribution is -2.35. The van der Waals surface area contributed by atoms with Crippen molar-refractivity contribution in [3.8, 4) is 11.3 Å². The van der Waals surface area contributed by atoms with Crippen LogP contribution in [0.3, 0.4) is 0 Å². The van der Waals surface area contributed by atoms with E-state index in [2.05, 4.69) is 10.3 Å². The largest absolute Gasteiger partial charge is 0.465 e. The molecule has 1 aromatic heterocycles. The summed E-state index contributed by atoms with van der Waals surface area (Å²) >= 11 is -1.31. The molecule has 0 fully saturated rings. The summed E-state index contributed by atoms with van der Waals surface area (Å²) in [5.74, 6) is -0.613. The number of thiazole rings is 1. The zero-order valence-electron chi connectivity index (χ0n) is 17.4. The second-order valence-electron chi connectivity index (χ2n) is 6.55. The molecule has 1 atom stereocenters. The van der Waals surface area contributed by atoms with E-state index in [9.17, 15) is 18.4 Å². The quantitative estimate of drug-likeness (QED) is 0.191. The number of hydrogen-bond acceptors (Lipinski definition) is 7. The zero-order valence-corrected chi connectivity index (χ0v) is 19.0. The Hall–Kier alpha value is -2.92. The molecule has 8 nitrogen and oxygen atoms in total. The lowest BCUT2D eigenvalue weighted by molar-refractivity contribution is -0.141. The van der Waals surface area contributed by atoms with Crippen LogP contribution in [-0.4, -0.2) is 51.7 Å². The van der Waals surface area contributed by atoms with Crippen molar-refractivity contribution >= 4 is 39.5 Å². The number of nitrogens with zero attached hydrogens (tertiary/aromatic N) is 2. The number of rotatable bonds is 11. The van der Waals surface area contributed by atoms with E-state index in [0.717, 1.165) is 16.9 Å². The van der Waals surface area contributed by atoms with E-state index in [0.29, 0.717) is 16.1 Å². The predicted octanol–water partition coefficient (Wildman–Crippen LogP) is 3.14. The molecule has 2 aromatic carbocycles. The maximum Gasteiger partial charge on any atom is 0.319 e. The monoisotopic (exact) mass is 473 g/mol. The van der Waals surface area contributed by atoms with Gasteiger partial charge in [-0.2, -0.15) is 0 Å². The minimum absolute atomic E-state index is 0.00930. The molecule has 3 aromatic rings. The number of carbonyl (C=O) groups is 2. The second kappa shape index (κ2) is 11.6. The molecule has 0 saturated carbocycles. The molecule has 1 heterocycles. The minimum Gasteiger partial charge on any atom is -0.465 e. The van der Waals surface area contributed by atoms with Crippen LogP contribution in [0, 0.1) is 0 Å². The smallest absolute Gasteiger partial charge is 0.319 e. The molecule has 0 aliphatic rings. The van der Waals surface area contributed by atoms with Gasteiger partial charge in [-0.05, 0) is 6.92 Å². The third-order valence-electron chi connectivity index (χ3n) is 4.37. The van der Waals surface area contributed by atoms with Crippen LogP contribution in [0.15, 0.2) is 60.7 Å². The van der Waals surface area contributed by atoms with Crippen molar-refractivity contribution in [1.82, 2.24) is 10.3 Å². The summed E-state index contributed by atoms with van der Waals surface area (Å²) in [5, 5.41) is 3.11. The summed E-state index contributed by atoms with van der Waals surface area (Å²) < 4.78 is 27.9. The average molecular weight is 474 g/mol. The molecule has 0 bridgehead atoms. The molecular formula is C22H23N3O5S2. The van der Waals surface area contributed by atoms with Gasteiger partial charge in [0.25, 0.3) is 11.3 Å². The highest BCUT2D eigenvalue weighted by molar-refractivity contribution is 7.81. The fourth-order valence-corrected chi connectivity index (χ4v) is 4.61. The van der Waals surface area contributed by atoms with Crippen LogP contribution in [-0.2, 0) is 20.8 Å². The first-order valence-corrected chi connectivity index (χ1v) is 11.8. The molecule has 0 aliphatic carbocycles. The first kappa shape index (κ1) is 23.7. The first-order chi connectivity index (χ1) is 15.5. The Kier molecular flexibility index (Phi) is 8.63. The SMILES string of the molecule is CCOC(=O)CNCCN(c1nc(-c2ccccc2)c(C(=O)c2ccccc2)s1)S(=O)O. The molecule has 1 unspecified atom stereocenters. The van der Waals surface area contributed by atoms with E-state index >= 15 is 0 Å². The molecule has 168 valence electrons. The number of anilines is 1. The summed E-state index contributed by atoms with van der Waals surface area (Å²) in [6.07, 6.45) is 0. The topological polar surface area (TPSA) is 109 Å². The van der Waals surface area contributed by atoms with E-state index < -0.39 is 17.2 Å². The molecule has 0 amide bonds. The number of ketones is 1. The van der Waals surface area contributed by atoms with Gasteiger partial charge in [-0.25, -0.2) is 13.5 Å². The number of aromatic nitrogens is 1. The van der Waals surface area contributed by atoms with Gasteiger partial charge in [0.2, 0.25) is 5.78 Å². The van der Waals surface area contributed by atoms with Gasteiger partial charge in [0.05, 0.1) is 18.8 Å². The third kappa shape index (κ3) is 6.07. The highest BCUT2D eigenvalue weighted by Gasteiger charge is 2.25. The Balaban J connectivity index is 1.88. The van der Waals surface area contributed by atoms with Crippen LogP contribution in [0.2, 0.25) is 0 Å². The number of hydrogen-bond donors (Lipinski definition) is 2. The van der Waals surface area contributed by atoms with Crippen LogP contribution in [0.5, 0.6) is 0 Å². The summed E-state index contributed by atoms with van der Waals surface area (Å²) in [5.41, 5.74) is 1.69. The lowest BCUT2D eigenvalue weighted by Gasteiger charge is -2.16. The molecule has 0 spiro atoms. The fourth-order valence-electron chi connectivity index (χ4n) is 2.91. The number of esters is 1. The van der Waals surface area contributed by atoms with Gasteiger partial charge in [0.1, 0.15) is 4.88 Å². The summed E-state index contributed by atoms with van der Waals surface area (Å²) in [6, 6.07) is 18.0. The number of ether oxygens (including phenoxy) is 1. The van der Waals surface area contributed by atoms with Crippen LogP contribution in [0.4, 0.5) is 5.13 Å². The summed E-state index contributed by atoms with van der Waals surface area (Å²) in [6.45, 7) is 2.34. The second-order valence-corrected chi connectivity index (χ2v) is 8.43. The highest BCUT2D eigenvalue weighted by Crippen LogP contribution is 2.35. The van der Waals surface area contributed by atoms with Crippen LogP contribution >= 0.6 is 11.3 Å². The average Bonchev–Trinajstić information content (AvgIpc) is 3.24. The Morgan fingerprint density at radius 3 is 2.41 bits per heavy atom. The van der Waals surface area contributed by atoms with Gasteiger partial charge in [-0.3, -0.25) is 14.1 Å². The normalized spacial score (nSPS) is 11.7. The number of benzene rings is 2. The van der Waals surface area contributed by atoms with E-state index in [1.165, 1.54) is 4.31 Å². The van der Waals surface area contributed by atoms with Gasteiger partial charge in [0.15, 0.2) is 5.13 Å². The van der Waals surface area contributed by atoms with E-state index in [1.807, 2.05) is 36.4 Å². The highest BCUT2D eigenvalue weighted by atomic mass is 32.2. The van der Waals surface area contributed by atoms with Crippen molar-refractivity contribution in [3.05, 3.63) is 71.1 Å². The molecular weight excluding hydrogens is 450 g/mol. The van der Waals surface area contributed by atoms with Crippen molar-refractivity contribution in [2.24, 2.45) is 0 Å². The molecule has 0 aliphatic heterocycles. The maximum absolute atomic E-state index is 13.2. The molecule has 3 rings (SSSR count). The van der Waals surface area contributed by atoms with Crippen LogP contribution in [0.1, 0.15) is 22.2 Å². The van der Waals surface area contributed by atoms with E-state index in [4.69, 9.17) is 4.74 Å². The van der Waals surface area contributed by atoms with Gasteiger partial charge in [-0.1, -0.05) is 72.0 Å². The van der Waals surface area contributed by atoms with E-state index in [-0.39, 0.29) is 37.2 Å². The summed E-state index contributed by atoms with van der Waals surface area (Å²) in [7, 11) is 0. The van der Waals surface area contributed by atoms with Crippen LogP contribution in [0.25, 0.3) is 11.3 Å². The van der Waals surface area contributed by atoms with Crippen molar-refractivity contribution in [3.63, 3.8) is 0 Å². The number of nitrogens with one attached hydrogen (secondary N) is 1. The zero-order chi connectivity index (χ0) is 22.9. The maximum atomic E-state index is 13.2. The Morgan fingerprint density at radius 2 is 1.78 bits per heavy atom. The third-order valence-corrected chi connectivity index (χ3v) is 6.30. The standard InChI is InChI=1S/C22H23N3O5S2/c1-2-30-18(26)15-23-13-14-25(32(28)29)22-24-19(16-9-5-3-6-10-16)21(31-22)20(27)17-11-7-4-8-12-17/h3-12,23H,2,13-15H2,1H3,(H,28,29). The van der Waals surface area contributed by atoms with Crippen LogP contribution < -0.4 is 9.62 Å². The van der Waals surface area contributed by atoms with Gasteiger partial charge >= 0.3 is 5.97 Å². The van der Waals surface area contributed by atoms with Gasteiger partial charge in [0, 0.05) is 24.2 Å². The van der Waals surface area contributed by atoms with Crippen molar-refractivity contribution in [2.45, 2.75) is 6.92 Å². The molecule has 2 N–H and O–H groups in total. The summed E-state index contributed by atoms with van der Waals surface area (Å²) in [4.78, 5) is 29.6. The minimum atomic E-state index is -2.37. The Morgan fingerprint density at radius 1 is 1.12 bits per heavy atom. The van der Waals surface area contributed by atoms with E-state index in [1.54, 1.807) is 31.2 Å². The lowest BCUT2D eigenvalue weighted by atomic mass is 10.1. The molecule has 10 heteroatoms. The van der Waals surface area contributed by atoms with Crippen molar-refractivity contribution in [2.75, 3.05) is 30.5 Å². The van der Waals surface area contributed by atoms with Crippen molar-refractivity contribution in [1.29, 1.82) is 0 Å². The first-order valence-electron chi connectivity index (χ1n) is 9.92.